The SMILES string of the molecule is COc1cc(O)c(C=O)c2c1C[C@H](C(=O)Nc1cc(C3CC(OC(=O)N(C)N(C)C)C3)[nH]n1)C2. The van der Waals surface area contributed by atoms with E-state index in [1.165, 1.54) is 18.2 Å². The van der Waals surface area contributed by atoms with E-state index in [2.05, 4.69) is 15.5 Å². The molecule has 2 aliphatic rings. The number of carbonyl (C=O) groups excluding carboxylic acids is 3. The third-order valence-corrected chi connectivity index (χ3v) is 6.66. The number of nitrogens with one attached hydrogen (secondary N) is 2. The lowest BCUT2D eigenvalue weighted by atomic mass is 9.80. The van der Waals surface area contributed by atoms with Gasteiger partial charge in [0.2, 0.25) is 5.91 Å². The molecule has 11 heteroatoms. The Labute approximate surface area is 197 Å². The first kappa shape index (κ1) is 23.6. The molecule has 2 aromatic rings. The summed E-state index contributed by atoms with van der Waals surface area (Å²) in [7, 11) is 6.65. The Morgan fingerprint density at radius 3 is 2.56 bits per heavy atom. The molecule has 1 aromatic carbocycles. The van der Waals surface area contributed by atoms with E-state index in [1.54, 1.807) is 32.2 Å². The van der Waals surface area contributed by atoms with Crippen molar-refractivity contribution in [3.8, 4) is 11.5 Å². The fourth-order valence-electron chi connectivity index (χ4n) is 4.41. The van der Waals surface area contributed by atoms with Crippen LogP contribution in [0, 0.1) is 5.92 Å². The summed E-state index contributed by atoms with van der Waals surface area (Å²) in [5.41, 5.74) is 2.48. The van der Waals surface area contributed by atoms with Crippen molar-refractivity contribution in [3.63, 3.8) is 0 Å². The molecule has 11 nitrogen and oxygen atoms in total. The number of ether oxygens (including phenoxy) is 2. The summed E-state index contributed by atoms with van der Waals surface area (Å²) >= 11 is 0. The second-order valence-electron chi connectivity index (χ2n) is 8.93. The Morgan fingerprint density at radius 1 is 1.21 bits per heavy atom. The molecule has 0 unspecified atom stereocenters. The van der Waals surface area contributed by atoms with Gasteiger partial charge in [-0.05, 0) is 36.8 Å². The fourth-order valence-corrected chi connectivity index (χ4v) is 4.41. The van der Waals surface area contributed by atoms with Crippen LogP contribution in [0.5, 0.6) is 11.5 Å². The molecule has 34 heavy (non-hydrogen) atoms. The largest absolute Gasteiger partial charge is 0.507 e. The molecule has 0 bridgehead atoms. The Balaban J connectivity index is 1.33. The predicted octanol–water partition coefficient (Wildman–Crippen LogP) is 2.08. The van der Waals surface area contributed by atoms with E-state index in [-0.39, 0.29) is 29.2 Å². The van der Waals surface area contributed by atoms with Crippen LogP contribution >= 0.6 is 0 Å². The minimum atomic E-state index is -0.411. The van der Waals surface area contributed by atoms with Gasteiger partial charge in [-0.1, -0.05) is 0 Å². The van der Waals surface area contributed by atoms with E-state index in [4.69, 9.17) is 9.47 Å². The maximum Gasteiger partial charge on any atom is 0.424 e. The van der Waals surface area contributed by atoms with E-state index in [0.717, 1.165) is 11.3 Å². The van der Waals surface area contributed by atoms with Crippen molar-refractivity contribution in [1.82, 2.24) is 20.2 Å². The zero-order valence-corrected chi connectivity index (χ0v) is 19.6. The summed E-state index contributed by atoms with van der Waals surface area (Å²) in [6.07, 6.45) is 2.14. The van der Waals surface area contributed by atoms with E-state index in [1.807, 2.05) is 0 Å². The van der Waals surface area contributed by atoms with Gasteiger partial charge in [0.25, 0.3) is 0 Å². The van der Waals surface area contributed by atoms with E-state index < -0.39 is 12.0 Å². The average Bonchev–Trinajstić information content (AvgIpc) is 3.42. The number of aromatic amines is 1. The van der Waals surface area contributed by atoms with Crippen molar-refractivity contribution in [2.45, 2.75) is 37.7 Å². The van der Waals surface area contributed by atoms with E-state index in [9.17, 15) is 19.5 Å². The Hall–Kier alpha value is -3.60. The third-order valence-electron chi connectivity index (χ3n) is 6.66. The summed E-state index contributed by atoms with van der Waals surface area (Å²) in [4.78, 5) is 36.4. The van der Waals surface area contributed by atoms with Crippen LogP contribution in [0.25, 0.3) is 0 Å². The molecule has 3 N–H and O–H groups in total. The highest BCUT2D eigenvalue weighted by Crippen LogP contribution is 2.41. The number of anilines is 1. The second kappa shape index (κ2) is 9.34. The van der Waals surface area contributed by atoms with Crippen LogP contribution in [0.3, 0.4) is 0 Å². The zero-order chi connectivity index (χ0) is 24.6. The van der Waals surface area contributed by atoms with Gasteiger partial charge in [-0.2, -0.15) is 5.10 Å². The molecule has 0 radical (unpaired) electrons. The van der Waals surface area contributed by atoms with Crippen molar-refractivity contribution < 1.29 is 29.0 Å². The summed E-state index contributed by atoms with van der Waals surface area (Å²) < 4.78 is 10.8. The number of nitrogens with zero attached hydrogens (tertiary/aromatic N) is 3. The number of methoxy groups -OCH3 is 1. The average molecular weight is 472 g/mol. The zero-order valence-electron chi connectivity index (χ0n) is 19.6. The number of carbonyl (C=O) groups is 3. The first-order chi connectivity index (χ1) is 16.2. The number of aldehydes is 1. The van der Waals surface area contributed by atoms with Crippen molar-refractivity contribution in [1.29, 1.82) is 0 Å². The topological polar surface area (TPSA) is 137 Å². The maximum absolute atomic E-state index is 12.9. The summed E-state index contributed by atoms with van der Waals surface area (Å²) in [5.74, 6) is 0.257. The first-order valence-corrected chi connectivity index (χ1v) is 11.1. The minimum Gasteiger partial charge on any atom is -0.507 e. The van der Waals surface area contributed by atoms with E-state index >= 15 is 0 Å². The highest BCUT2D eigenvalue weighted by molar-refractivity contribution is 5.94. The first-order valence-electron chi connectivity index (χ1n) is 11.1. The van der Waals surface area contributed by atoms with Crippen molar-refractivity contribution in [2.24, 2.45) is 5.92 Å². The number of rotatable bonds is 7. The minimum absolute atomic E-state index is 0.151. The Kier molecular flexibility index (Phi) is 6.47. The second-order valence-corrected chi connectivity index (χ2v) is 8.93. The molecule has 1 atom stereocenters. The lowest BCUT2D eigenvalue weighted by Gasteiger charge is -2.35. The quantitative estimate of drug-likeness (QED) is 0.412. The molecule has 2 aliphatic carbocycles. The molecule has 0 saturated heterocycles. The highest BCUT2D eigenvalue weighted by atomic mass is 16.6. The van der Waals surface area contributed by atoms with Gasteiger partial charge in [-0.3, -0.25) is 14.7 Å². The van der Waals surface area contributed by atoms with Gasteiger partial charge in [-0.25, -0.2) is 14.8 Å². The van der Waals surface area contributed by atoms with E-state index in [0.29, 0.717) is 49.1 Å². The molecular weight excluding hydrogens is 442 g/mol. The predicted molar refractivity (Wildman–Crippen MR) is 122 cm³/mol. The molecule has 1 aromatic heterocycles. The number of aromatic hydroxyl groups is 1. The molecule has 1 heterocycles. The summed E-state index contributed by atoms with van der Waals surface area (Å²) in [6, 6.07) is 3.20. The Morgan fingerprint density at radius 2 is 1.91 bits per heavy atom. The van der Waals surface area contributed by atoms with Crippen LogP contribution in [-0.2, 0) is 22.4 Å². The number of benzene rings is 1. The number of amides is 2. The molecule has 182 valence electrons. The van der Waals surface area contributed by atoms with Crippen LogP contribution in [-0.4, -0.2) is 78.0 Å². The van der Waals surface area contributed by atoms with Crippen LogP contribution in [0.15, 0.2) is 12.1 Å². The standard InChI is InChI=1S/C23H29N5O6/c1-27(2)28(3)23(32)34-14-5-12(6-14)18-9-21(26-25-18)24-22(31)13-7-15-16(8-13)20(33-4)10-19(30)17(15)11-29/h9-14,30H,5-8H2,1-4H3,(H2,24,25,26,31)/t12?,13-,14?/m1/s1. The van der Waals surface area contributed by atoms with Gasteiger partial charge in [0.15, 0.2) is 12.1 Å². The number of aromatic nitrogens is 2. The van der Waals surface area contributed by atoms with Gasteiger partial charge >= 0.3 is 6.09 Å². The van der Waals surface area contributed by atoms with Gasteiger partial charge in [0.05, 0.1) is 12.7 Å². The number of phenols is 1. The van der Waals surface area contributed by atoms with Crippen molar-refractivity contribution in [3.05, 3.63) is 34.5 Å². The molecule has 0 aliphatic heterocycles. The molecular formula is C23H29N5O6. The number of fused-ring (bicyclic) bond motifs is 1. The monoisotopic (exact) mass is 471 g/mol. The number of H-pyrrole nitrogens is 1. The number of hydrogen-bond donors (Lipinski definition) is 3. The van der Waals surface area contributed by atoms with Crippen LogP contribution in [0.4, 0.5) is 10.6 Å². The van der Waals surface area contributed by atoms with Gasteiger partial charge < -0.3 is 19.9 Å². The molecule has 0 spiro atoms. The van der Waals surface area contributed by atoms with Crippen LogP contribution in [0.1, 0.15) is 45.9 Å². The lowest BCUT2D eigenvalue weighted by molar-refractivity contribution is -0.119. The third kappa shape index (κ3) is 4.43. The summed E-state index contributed by atoms with van der Waals surface area (Å²) in [5, 5.41) is 23.1. The number of hydrogen-bond acceptors (Lipinski definition) is 8. The molecule has 4 rings (SSSR count). The van der Waals surface area contributed by atoms with Crippen molar-refractivity contribution >= 4 is 24.1 Å². The normalized spacial score (nSPS) is 20.9. The highest BCUT2D eigenvalue weighted by Gasteiger charge is 2.36. The van der Waals surface area contributed by atoms with Crippen molar-refractivity contribution in [2.75, 3.05) is 33.6 Å². The molecule has 1 fully saturated rings. The molecule has 2 amide bonds. The number of hydrazine groups is 1. The maximum atomic E-state index is 12.9. The van der Waals surface area contributed by atoms with Gasteiger partial charge in [-0.15, -0.1) is 0 Å². The van der Waals surface area contributed by atoms with Crippen LogP contribution in [0.2, 0.25) is 0 Å². The van der Waals surface area contributed by atoms with Gasteiger partial charge in [0.1, 0.15) is 17.6 Å². The molecule has 1 saturated carbocycles. The number of phenolic OH excluding ortho intramolecular Hbond substituents is 1. The fraction of sp³-hybridized carbons (Fsp3) is 0.478. The lowest BCUT2D eigenvalue weighted by Crippen LogP contribution is -2.42. The van der Waals surface area contributed by atoms with Gasteiger partial charge in [0, 0.05) is 50.8 Å². The Bertz CT molecular complexity index is 1110. The van der Waals surface area contributed by atoms with Crippen LogP contribution < -0.4 is 10.1 Å². The summed E-state index contributed by atoms with van der Waals surface area (Å²) in [6.45, 7) is 0. The smallest absolute Gasteiger partial charge is 0.424 e.